The zero-order chi connectivity index (χ0) is 55.5. The fourth-order valence-electron chi connectivity index (χ4n) is 8.89. The molecule has 11 nitrogen and oxygen atoms in total. The number of carbonyl (C=O) groups is 3. The first kappa shape index (κ1) is 73.4. The molecule has 0 saturated heterocycles. The molecular weight excluding hydrogens is 976 g/mol. The summed E-state index contributed by atoms with van der Waals surface area (Å²) in [5.74, 6) is -1.47. The molecule has 0 amide bonds. The fraction of sp³-hybridized carbons (Fsp3) is 0.828. The highest BCUT2D eigenvalue weighted by molar-refractivity contribution is 7.47. The molecule has 76 heavy (non-hydrogen) atoms. The van der Waals surface area contributed by atoms with Gasteiger partial charge in [0.2, 0.25) is 0 Å². The van der Waals surface area contributed by atoms with Crippen molar-refractivity contribution in [1.29, 1.82) is 0 Å². The number of phosphoric acid groups is 1. The summed E-state index contributed by atoms with van der Waals surface area (Å²) in [6, 6.07) is 0. The Hall–Kier alpha value is -2.56. The van der Waals surface area contributed by atoms with Crippen molar-refractivity contribution in [2.45, 2.75) is 315 Å². The van der Waals surface area contributed by atoms with Gasteiger partial charge in [-0.05, 0) is 83.5 Å². The number of carbonyl (C=O) groups excluding carboxylic acids is 3. The predicted molar refractivity (Wildman–Crippen MR) is 316 cm³/mol. The Morgan fingerprint density at radius 1 is 0.368 bits per heavy atom. The van der Waals surface area contributed by atoms with Crippen LogP contribution in [0.3, 0.4) is 0 Å². The van der Waals surface area contributed by atoms with Crippen LogP contribution in [0.15, 0.2) is 48.6 Å². The SMILES string of the molecule is CCCCC/C=C\C/C=C\CCCCCCCCCC(=O)OCC(COP(=O)(O)OCC(CO)OC(=O)CCCCCCC/C=C\C/C=C\CCCCC)OC(=O)CCCCCCCCCCCCCCCCCCC. The van der Waals surface area contributed by atoms with Crippen LogP contribution in [0.1, 0.15) is 303 Å². The van der Waals surface area contributed by atoms with Gasteiger partial charge in [-0.3, -0.25) is 23.4 Å². The molecule has 0 aliphatic heterocycles. The van der Waals surface area contributed by atoms with Crippen molar-refractivity contribution in [3.05, 3.63) is 48.6 Å². The standard InChI is InChI=1S/C64H117O11P/c1-4-7-10-13-16-19-22-25-28-30-33-35-38-41-44-47-50-53-62(66)71-57-61(75-64(68)55-52-49-46-43-40-37-34-31-29-26-23-20-17-14-11-8-5-2)59-73-76(69,70)72-58-60(56-65)74-63(67)54-51-48-45-42-39-36-32-27-24-21-18-15-12-9-6-3/h16,18-19,21,25,27-28,32,60-61,65H,4-15,17,20,22-24,26,29-31,33-59H2,1-3H3,(H,69,70)/b19-16-,21-18-,28-25-,32-27-. The summed E-state index contributed by atoms with van der Waals surface area (Å²) in [6.45, 7) is 4.62. The topological polar surface area (TPSA) is 155 Å². The molecule has 0 spiro atoms. The maximum absolute atomic E-state index is 12.9. The van der Waals surface area contributed by atoms with Gasteiger partial charge < -0.3 is 24.2 Å². The van der Waals surface area contributed by atoms with Crippen molar-refractivity contribution in [3.8, 4) is 0 Å². The summed E-state index contributed by atoms with van der Waals surface area (Å²) >= 11 is 0. The summed E-state index contributed by atoms with van der Waals surface area (Å²) in [7, 11) is -4.75. The van der Waals surface area contributed by atoms with Crippen molar-refractivity contribution in [3.63, 3.8) is 0 Å². The lowest BCUT2D eigenvalue weighted by atomic mass is 10.0. The molecule has 2 N–H and O–H groups in total. The van der Waals surface area contributed by atoms with Gasteiger partial charge in [0.25, 0.3) is 0 Å². The number of hydrogen-bond donors (Lipinski definition) is 2. The number of ether oxygens (including phenoxy) is 3. The lowest BCUT2D eigenvalue weighted by Crippen LogP contribution is -2.30. The summed E-state index contributed by atoms with van der Waals surface area (Å²) in [5, 5.41) is 9.83. The predicted octanol–water partition coefficient (Wildman–Crippen LogP) is 18.9. The van der Waals surface area contributed by atoms with E-state index in [1.165, 1.54) is 148 Å². The molecule has 0 fully saturated rings. The number of rotatable bonds is 59. The van der Waals surface area contributed by atoms with Crippen molar-refractivity contribution >= 4 is 25.7 Å². The molecule has 12 heteroatoms. The number of hydrogen-bond acceptors (Lipinski definition) is 10. The summed E-state index contributed by atoms with van der Waals surface area (Å²) in [5.41, 5.74) is 0. The van der Waals surface area contributed by atoms with Crippen LogP contribution in [0.25, 0.3) is 0 Å². The molecule has 0 bridgehead atoms. The molecule has 0 aliphatic carbocycles. The van der Waals surface area contributed by atoms with Crippen molar-refractivity contribution in [2.75, 3.05) is 26.4 Å². The van der Waals surface area contributed by atoms with E-state index in [0.717, 1.165) is 96.3 Å². The molecule has 0 saturated carbocycles. The van der Waals surface area contributed by atoms with Crippen molar-refractivity contribution in [1.82, 2.24) is 0 Å². The van der Waals surface area contributed by atoms with E-state index in [-0.39, 0.29) is 25.9 Å². The number of allylic oxidation sites excluding steroid dienone is 8. The second-order valence-electron chi connectivity index (χ2n) is 21.2. The van der Waals surface area contributed by atoms with Gasteiger partial charge in [-0.2, -0.15) is 0 Å². The van der Waals surface area contributed by atoms with Gasteiger partial charge in [-0.1, -0.05) is 249 Å². The fourth-order valence-corrected chi connectivity index (χ4v) is 9.67. The Balaban J connectivity index is 4.70. The molecule has 0 aromatic carbocycles. The molecular formula is C64H117O11P. The van der Waals surface area contributed by atoms with Gasteiger partial charge in [0.1, 0.15) is 12.7 Å². The van der Waals surface area contributed by atoms with E-state index in [1.807, 2.05) is 0 Å². The molecule has 0 aliphatic rings. The van der Waals surface area contributed by atoms with Crippen LogP contribution in [0.5, 0.6) is 0 Å². The molecule has 444 valence electrons. The summed E-state index contributed by atoms with van der Waals surface area (Å²) in [4.78, 5) is 48.7. The monoisotopic (exact) mass is 1090 g/mol. The number of unbranched alkanes of at least 4 members (excludes halogenated alkanes) is 34. The van der Waals surface area contributed by atoms with E-state index < -0.39 is 57.8 Å². The van der Waals surface area contributed by atoms with Gasteiger partial charge in [-0.15, -0.1) is 0 Å². The van der Waals surface area contributed by atoms with Crippen LogP contribution < -0.4 is 0 Å². The summed E-state index contributed by atoms with van der Waals surface area (Å²) in [6.07, 6.45) is 63.4. The summed E-state index contributed by atoms with van der Waals surface area (Å²) < 4.78 is 39.6. The van der Waals surface area contributed by atoms with Crippen LogP contribution in [-0.4, -0.2) is 66.5 Å². The van der Waals surface area contributed by atoms with Crippen molar-refractivity contribution in [2.24, 2.45) is 0 Å². The maximum Gasteiger partial charge on any atom is 0.472 e. The van der Waals surface area contributed by atoms with Crippen LogP contribution in [-0.2, 0) is 42.2 Å². The third-order valence-electron chi connectivity index (χ3n) is 13.7. The Kier molecular flexibility index (Phi) is 56.6. The minimum absolute atomic E-state index is 0.162. The van der Waals surface area contributed by atoms with Gasteiger partial charge in [0.05, 0.1) is 19.8 Å². The minimum atomic E-state index is -4.75. The van der Waals surface area contributed by atoms with E-state index in [0.29, 0.717) is 19.3 Å². The highest BCUT2D eigenvalue weighted by Gasteiger charge is 2.28. The second-order valence-corrected chi connectivity index (χ2v) is 22.7. The average Bonchev–Trinajstić information content (AvgIpc) is 3.41. The highest BCUT2D eigenvalue weighted by atomic mass is 31.2. The third-order valence-corrected chi connectivity index (χ3v) is 14.7. The lowest BCUT2D eigenvalue weighted by Gasteiger charge is -2.21. The van der Waals surface area contributed by atoms with Crippen LogP contribution in [0.4, 0.5) is 0 Å². The van der Waals surface area contributed by atoms with Crippen molar-refractivity contribution < 1.29 is 52.2 Å². The number of aliphatic hydroxyl groups excluding tert-OH is 1. The van der Waals surface area contributed by atoms with Crippen LogP contribution in [0.2, 0.25) is 0 Å². The average molecular weight is 1090 g/mol. The molecule has 0 rings (SSSR count). The smallest absolute Gasteiger partial charge is 0.462 e. The Morgan fingerprint density at radius 2 is 0.645 bits per heavy atom. The first-order chi connectivity index (χ1) is 37.2. The van der Waals surface area contributed by atoms with Gasteiger partial charge in [0, 0.05) is 19.3 Å². The van der Waals surface area contributed by atoms with Crippen LogP contribution >= 0.6 is 7.82 Å². The Labute approximate surface area is 466 Å². The second kappa shape index (κ2) is 58.6. The van der Waals surface area contributed by atoms with Gasteiger partial charge in [-0.25, -0.2) is 4.57 Å². The normalized spacial score (nSPS) is 13.6. The van der Waals surface area contributed by atoms with E-state index in [4.69, 9.17) is 23.3 Å². The van der Waals surface area contributed by atoms with E-state index in [9.17, 15) is 28.9 Å². The molecule has 0 aromatic heterocycles. The molecule has 0 radical (unpaired) electrons. The van der Waals surface area contributed by atoms with E-state index >= 15 is 0 Å². The number of aliphatic hydroxyl groups is 1. The Bertz CT molecular complexity index is 1460. The lowest BCUT2D eigenvalue weighted by molar-refractivity contribution is -0.161. The first-order valence-corrected chi connectivity index (χ1v) is 33.0. The third kappa shape index (κ3) is 56.2. The molecule has 0 aromatic rings. The largest absolute Gasteiger partial charge is 0.472 e. The van der Waals surface area contributed by atoms with Gasteiger partial charge >= 0.3 is 25.7 Å². The minimum Gasteiger partial charge on any atom is -0.462 e. The molecule has 3 unspecified atom stereocenters. The Morgan fingerprint density at radius 3 is 1.00 bits per heavy atom. The zero-order valence-corrected chi connectivity index (χ0v) is 50.1. The highest BCUT2D eigenvalue weighted by Crippen LogP contribution is 2.43. The number of esters is 3. The molecule has 0 heterocycles. The molecule has 3 atom stereocenters. The van der Waals surface area contributed by atoms with Crippen LogP contribution in [0, 0.1) is 0 Å². The quantitative estimate of drug-likeness (QED) is 0.0197. The first-order valence-electron chi connectivity index (χ1n) is 31.5. The number of phosphoric ester groups is 1. The van der Waals surface area contributed by atoms with Gasteiger partial charge in [0.15, 0.2) is 6.10 Å². The van der Waals surface area contributed by atoms with E-state index in [2.05, 4.69) is 69.4 Å². The zero-order valence-electron chi connectivity index (χ0n) is 49.2. The van der Waals surface area contributed by atoms with E-state index in [1.54, 1.807) is 0 Å². The maximum atomic E-state index is 12.9.